The fraction of sp³-hybridized carbons (Fsp3) is 0.381. The molecule has 2 aliphatic rings. The Kier molecular flexibility index (Phi) is 4.72. The maximum atomic E-state index is 14.3. The number of likely N-dealkylation sites (N-methyl/N-ethyl adjacent to an activating group) is 1. The lowest BCUT2D eigenvalue weighted by atomic mass is 9.83. The average molecular weight is 387 g/mol. The van der Waals surface area contributed by atoms with Crippen LogP contribution in [-0.2, 0) is 0 Å². The minimum absolute atomic E-state index is 0.0217. The zero-order valence-corrected chi connectivity index (χ0v) is 15.4. The van der Waals surface area contributed by atoms with E-state index in [-0.39, 0.29) is 34.8 Å². The van der Waals surface area contributed by atoms with Crippen molar-refractivity contribution in [2.75, 3.05) is 20.1 Å². The molecule has 2 heterocycles. The summed E-state index contributed by atoms with van der Waals surface area (Å²) in [6.07, 6.45) is -1.22. The molecule has 2 aliphatic heterocycles. The molecule has 4 rings (SSSR count). The second kappa shape index (κ2) is 7.07. The Balaban J connectivity index is 1.82. The van der Waals surface area contributed by atoms with Crippen LogP contribution in [0.5, 0.6) is 17.2 Å². The molecule has 0 bridgehead atoms. The number of phenolic OH excluding ortho intramolecular Hbond substituents is 2. The summed E-state index contributed by atoms with van der Waals surface area (Å²) in [4.78, 5) is 14.7. The maximum Gasteiger partial charge on any atom is 0.174 e. The van der Waals surface area contributed by atoms with E-state index in [9.17, 15) is 24.5 Å². The first kappa shape index (κ1) is 18.7. The van der Waals surface area contributed by atoms with E-state index in [1.165, 1.54) is 6.07 Å². The number of piperidine rings is 1. The van der Waals surface area contributed by atoms with E-state index in [4.69, 9.17) is 4.74 Å². The van der Waals surface area contributed by atoms with Crippen LogP contribution in [0.1, 0.15) is 46.3 Å². The summed E-state index contributed by atoms with van der Waals surface area (Å²) in [6, 6.07) is 7.16. The number of fused-ring (bicyclic) bond motifs is 1. The molecule has 0 amide bonds. The zero-order valence-electron chi connectivity index (χ0n) is 15.4. The molecule has 0 aromatic heterocycles. The number of phenols is 2. The number of hydrogen-bond acceptors (Lipinski definition) is 6. The predicted molar refractivity (Wildman–Crippen MR) is 99.3 cm³/mol. The molecule has 3 atom stereocenters. The van der Waals surface area contributed by atoms with Gasteiger partial charge in [0.05, 0.1) is 12.5 Å². The van der Waals surface area contributed by atoms with E-state index >= 15 is 0 Å². The molecule has 2 aromatic carbocycles. The topological polar surface area (TPSA) is 90.2 Å². The highest BCUT2D eigenvalue weighted by Gasteiger charge is 2.39. The minimum Gasteiger partial charge on any atom is -0.507 e. The molecule has 0 aliphatic carbocycles. The maximum absolute atomic E-state index is 14.3. The number of rotatable bonds is 2. The lowest BCUT2D eigenvalue weighted by Crippen LogP contribution is -2.40. The van der Waals surface area contributed by atoms with Crippen molar-refractivity contribution >= 4 is 5.78 Å². The Morgan fingerprint density at radius 3 is 2.68 bits per heavy atom. The van der Waals surface area contributed by atoms with Gasteiger partial charge in [-0.15, -0.1) is 0 Å². The number of Topliss-reactive ketones (excluding diaryl/α,β-unsaturated/α-hetero) is 1. The number of halogens is 1. The quantitative estimate of drug-likeness (QED) is 0.734. The number of ketones is 1. The van der Waals surface area contributed by atoms with Gasteiger partial charge in [0.1, 0.15) is 34.7 Å². The van der Waals surface area contributed by atoms with Crippen LogP contribution < -0.4 is 4.74 Å². The molecule has 1 saturated heterocycles. The first-order chi connectivity index (χ1) is 13.4. The lowest BCUT2D eigenvalue weighted by molar-refractivity contribution is 0.0591. The van der Waals surface area contributed by atoms with Crippen molar-refractivity contribution in [3.05, 3.63) is 52.8 Å². The smallest absolute Gasteiger partial charge is 0.174 e. The van der Waals surface area contributed by atoms with E-state index in [0.29, 0.717) is 25.1 Å². The standard InChI is InChI=1S/C21H22FNO5/c1-23-7-6-12(17(27)10-23)19-14(24)8-15(25)20-16(26)9-18(28-21(19)20)11-4-2-3-5-13(11)22/h2-5,8,12,17-18,24-25,27H,6-7,9-10H2,1H3/t12-,17+,18?/m1/s1. The number of carbonyl (C=O) groups excluding carboxylic acids is 1. The highest BCUT2D eigenvalue weighted by atomic mass is 19.1. The van der Waals surface area contributed by atoms with E-state index < -0.39 is 29.7 Å². The number of ether oxygens (including phenoxy) is 1. The monoisotopic (exact) mass is 387 g/mol. The van der Waals surface area contributed by atoms with Gasteiger partial charge in [-0.05, 0) is 26.1 Å². The fourth-order valence-electron chi connectivity index (χ4n) is 4.19. The molecule has 28 heavy (non-hydrogen) atoms. The number of hydrogen-bond donors (Lipinski definition) is 3. The molecular formula is C21H22FNO5. The van der Waals surface area contributed by atoms with Crippen molar-refractivity contribution < 1.29 is 29.2 Å². The van der Waals surface area contributed by atoms with Crippen LogP contribution in [0.4, 0.5) is 4.39 Å². The summed E-state index contributed by atoms with van der Waals surface area (Å²) >= 11 is 0. The van der Waals surface area contributed by atoms with Gasteiger partial charge in [0, 0.05) is 29.7 Å². The van der Waals surface area contributed by atoms with Crippen LogP contribution in [0.25, 0.3) is 0 Å². The minimum atomic E-state index is -0.871. The number of likely N-dealkylation sites (tertiary alicyclic amines) is 1. The van der Waals surface area contributed by atoms with Gasteiger partial charge in [-0.1, -0.05) is 18.2 Å². The molecular weight excluding hydrogens is 365 g/mol. The Labute approximate surface area is 161 Å². The molecule has 7 heteroatoms. The second-order valence-corrected chi connectivity index (χ2v) is 7.51. The molecule has 1 unspecified atom stereocenters. The molecule has 1 fully saturated rings. The van der Waals surface area contributed by atoms with Crippen LogP contribution in [0.3, 0.4) is 0 Å². The number of β-amino-alcohol motifs (C(OH)–C–C–N with tert-alkyl or cyclic N) is 1. The highest BCUT2D eigenvalue weighted by Crippen LogP contribution is 2.50. The Morgan fingerprint density at radius 2 is 1.96 bits per heavy atom. The molecule has 0 spiro atoms. The Bertz CT molecular complexity index is 931. The van der Waals surface area contributed by atoms with Crippen LogP contribution >= 0.6 is 0 Å². The van der Waals surface area contributed by atoms with Gasteiger partial charge in [0.15, 0.2) is 5.78 Å². The lowest BCUT2D eigenvalue weighted by Gasteiger charge is -2.36. The van der Waals surface area contributed by atoms with Crippen molar-refractivity contribution in [2.24, 2.45) is 0 Å². The summed E-state index contributed by atoms with van der Waals surface area (Å²) in [5.41, 5.74) is 0.508. The van der Waals surface area contributed by atoms with E-state index in [1.807, 2.05) is 11.9 Å². The van der Waals surface area contributed by atoms with Gasteiger partial charge >= 0.3 is 0 Å². The van der Waals surface area contributed by atoms with Crippen LogP contribution in [-0.4, -0.2) is 52.2 Å². The van der Waals surface area contributed by atoms with Gasteiger partial charge < -0.3 is 25.0 Å². The van der Waals surface area contributed by atoms with Crippen LogP contribution in [0.2, 0.25) is 0 Å². The molecule has 3 N–H and O–H groups in total. The number of carbonyl (C=O) groups is 1. The SMILES string of the molecule is CN1CC[C@@H](c2c(O)cc(O)c3c2OC(c2ccccc2F)CC3=O)[C@@H](O)C1. The zero-order chi connectivity index (χ0) is 20.0. The molecule has 148 valence electrons. The molecule has 6 nitrogen and oxygen atoms in total. The van der Waals surface area contributed by atoms with E-state index in [2.05, 4.69) is 0 Å². The molecule has 2 aromatic rings. The summed E-state index contributed by atoms with van der Waals surface area (Å²) in [6.45, 7) is 1.10. The first-order valence-electron chi connectivity index (χ1n) is 9.26. The van der Waals surface area contributed by atoms with Gasteiger partial charge in [0.2, 0.25) is 0 Å². The third-order valence-corrected chi connectivity index (χ3v) is 5.59. The molecule has 0 saturated carbocycles. The van der Waals surface area contributed by atoms with Crippen molar-refractivity contribution in [3.63, 3.8) is 0 Å². The number of benzene rings is 2. The third-order valence-electron chi connectivity index (χ3n) is 5.59. The summed E-state index contributed by atoms with van der Waals surface area (Å²) in [5.74, 6) is -1.93. The predicted octanol–water partition coefficient (Wildman–Crippen LogP) is 2.72. The fourth-order valence-corrected chi connectivity index (χ4v) is 4.19. The Morgan fingerprint density at radius 1 is 1.21 bits per heavy atom. The summed E-state index contributed by atoms with van der Waals surface area (Å²) < 4.78 is 20.2. The Hall–Kier alpha value is -2.64. The highest BCUT2D eigenvalue weighted by molar-refractivity contribution is 6.03. The average Bonchev–Trinajstić information content (AvgIpc) is 2.63. The normalized spacial score (nSPS) is 25.2. The van der Waals surface area contributed by atoms with Crippen LogP contribution in [0, 0.1) is 5.82 Å². The van der Waals surface area contributed by atoms with Gasteiger partial charge in [-0.25, -0.2) is 4.39 Å². The van der Waals surface area contributed by atoms with Crippen molar-refractivity contribution in [3.8, 4) is 17.2 Å². The second-order valence-electron chi connectivity index (χ2n) is 7.51. The number of aliphatic hydroxyl groups is 1. The third kappa shape index (κ3) is 3.10. The van der Waals surface area contributed by atoms with E-state index in [0.717, 1.165) is 6.07 Å². The first-order valence-corrected chi connectivity index (χ1v) is 9.26. The number of aliphatic hydroxyl groups excluding tert-OH is 1. The summed E-state index contributed by atoms with van der Waals surface area (Å²) in [5, 5.41) is 31.3. The largest absolute Gasteiger partial charge is 0.507 e. The van der Waals surface area contributed by atoms with Crippen molar-refractivity contribution in [1.82, 2.24) is 4.90 Å². The van der Waals surface area contributed by atoms with Crippen molar-refractivity contribution in [2.45, 2.75) is 31.0 Å². The van der Waals surface area contributed by atoms with E-state index in [1.54, 1.807) is 18.2 Å². The number of nitrogens with zero attached hydrogens (tertiary/aromatic N) is 1. The van der Waals surface area contributed by atoms with Crippen LogP contribution in [0.15, 0.2) is 30.3 Å². The molecule has 0 radical (unpaired) electrons. The summed E-state index contributed by atoms with van der Waals surface area (Å²) in [7, 11) is 1.89. The number of aromatic hydroxyl groups is 2. The van der Waals surface area contributed by atoms with Gasteiger partial charge in [-0.2, -0.15) is 0 Å². The van der Waals surface area contributed by atoms with Gasteiger partial charge in [-0.3, -0.25) is 4.79 Å². The van der Waals surface area contributed by atoms with Gasteiger partial charge in [0.25, 0.3) is 0 Å². The van der Waals surface area contributed by atoms with Crippen molar-refractivity contribution in [1.29, 1.82) is 0 Å².